The van der Waals surface area contributed by atoms with Crippen molar-refractivity contribution in [1.29, 1.82) is 0 Å². The van der Waals surface area contributed by atoms with Crippen molar-refractivity contribution in [3.8, 4) is 0 Å². The van der Waals surface area contributed by atoms with E-state index in [0.29, 0.717) is 6.42 Å². The Balaban J connectivity index is 1.48. The number of nitrogens with zero attached hydrogens (tertiary/aromatic N) is 2. The Morgan fingerprint density at radius 3 is 2.63 bits per heavy atom. The SMILES string of the molecule is O=C(NNC(=O)[C@H]1CC=CC[C@@H]1c1nc2ccccc2s1)c1ccccn1. The molecule has 0 saturated heterocycles. The lowest BCUT2D eigenvalue weighted by atomic mass is 9.83. The Hall–Kier alpha value is -3.06. The first-order valence-electron chi connectivity index (χ1n) is 8.74. The molecule has 0 radical (unpaired) electrons. The molecule has 1 aliphatic carbocycles. The van der Waals surface area contributed by atoms with Crippen LogP contribution < -0.4 is 10.9 Å². The lowest BCUT2D eigenvalue weighted by Crippen LogP contribution is -2.46. The van der Waals surface area contributed by atoms with Crippen LogP contribution in [-0.4, -0.2) is 21.8 Å². The third kappa shape index (κ3) is 3.73. The number of carbonyl (C=O) groups is 2. The van der Waals surface area contributed by atoms with Gasteiger partial charge >= 0.3 is 0 Å². The van der Waals surface area contributed by atoms with E-state index in [1.165, 1.54) is 6.20 Å². The van der Waals surface area contributed by atoms with Gasteiger partial charge in [-0.15, -0.1) is 11.3 Å². The Bertz CT molecular complexity index is 966. The Morgan fingerprint density at radius 2 is 1.81 bits per heavy atom. The lowest BCUT2D eigenvalue weighted by molar-refractivity contribution is -0.126. The minimum Gasteiger partial charge on any atom is -0.273 e. The smallest absolute Gasteiger partial charge is 0.273 e. The van der Waals surface area contributed by atoms with Crippen LogP contribution in [-0.2, 0) is 4.79 Å². The fourth-order valence-electron chi connectivity index (χ4n) is 3.20. The second-order valence-corrected chi connectivity index (χ2v) is 7.40. The predicted octanol–water partition coefficient (Wildman–Crippen LogP) is 3.20. The molecule has 2 N–H and O–H groups in total. The lowest BCUT2D eigenvalue weighted by Gasteiger charge is -2.25. The molecule has 3 aromatic rings. The van der Waals surface area contributed by atoms with Gasteiger partial charge in [-0.2, -0.15) is 0 Å². The highest BCUT2D eigenvalue weighted by Crippen LogP contribution is 2.38. The number of amides is 2. The Morgan fingerprint density at radius 1 is 1.00 bits per heavy atom. The number of nitrogens with one attached hydrogen (secondary N) is 2. The number of aromatic nitrogens is 2. The van der Waals surface area contributed by atoms with E-state index >= 15 is 0 Å². The highest BCUT2D eigenvalue weighted by molar-refractivity contribution is 7.18. The van der Waals surface area contributed by atoms with Gasteiger partial charge in [0, 0.05) is 12.1 Å². The van der Waals surface area contributed by atoms with Crippen molar-refractivity contribution >= 4 is 33.4 Å². The highest BCUT2D eigenvalue weighted by atomic mass is 32.1. The van der Waals surface area contributed by atoms with Gasteiger partial charge in [0.2, 0.25) is 5.91 Å². The van der Waals surface area contributed by atoms with Crippen molar-refractivity contribution in [1.82, 2.24) is 20.8 Å². The maximum Gasteiger partial charge on any atom is 0.288 e. The van der Waals surface area contributed by atoms with Crippen LogP contribution in [0, 0.1) is 5.92 Å². The van der Waals surface area contributed by atoms with E-state index < -0.39 is 5.91 Å². The monoisotopic (exact) mass is 378 g/mol. The summed E-state index contributed by atoms with van der Waals surface area (Å²) in [6, 6.07) is 13.0. The topological polar surface area (TPSA) is 84.0 Å². The molecule has 27 heavy (non-hydrogen) atoms. The van der Waals surface area contributed by atoms with Crippen molar-refractivity contribution in [2.75, 3.05) is 0 Å². The predicted molar refractivity (Wildman–Crippen MR) is 104 cm³/mol. The minimum absolute atomic E-state index is 0.000785. The molecular weight excluding hydrogens is 360 g/mol. The summed E-state index contributed by atoms with van der Waals surface area (Å²) in [5.74, 6) is -0.932. The van der Waals surface area contributed by atoms with E-state index in [4.69, 9.17) is 4.98 Å². The number of pyridine rings is 1. The van der Waals surface area contributed by atoms with Gasteiger partial charge in [-0.05, 0) is 37.1 Å². The number of thiazole rings is 1. The zero-order chi connectivity index (χ0) is 18.6. The number of para-hydroxylation sites is 1. The average Bonchev–Trinajstić information content (AvgIpc) is 3.16. The molecule has 0 spiro atoms. The highest BCUT2D eigenvalue weighted by Gasteiger charge is 2.32. The largest absolute Gasteiger partial charge is 0.288 e. The van der Waals surface area contributed by atoms with Crippen LogP contribution in [0.4, 0.5) is 0 Å². The normalized spacial score (nSPS) is 19.0. The summed E-state index contributed by atoms with van der Waals surface area (Å²) in [6.07, 6.45) is 7.01. The number of hydrogen-bond acceptors (Lipinski definition) is 5. The van der Waals surface area contributed by atoms with Gasteiger partial charge in [-0.1, -0.05) is 30.4 Å². The van der Waals surface area contributed by atoms with E-state index in [9.17, 15) is 9.59 Å². The van der Waals surface area contributed by atoms with E-state index in [1.807, 2.05) is 30.3 Å². The maximum absolute atomic E-state index is 12.7. The number of hydrazine groups is 1. The van der Waals surface area contributed by atoms with Gasteiger partial charge in [-0.3, -0.25) is 25.4 Å². The first kappa shape index (κ1) is 17.4. The molecule has 0 saturated carbocycles. The van der Waals surface area contributed by atoms with E-state index in [2.05, 4.69) is 21.9 Å². The molecule has 4 rings (SSSR count). The van der Waals surface area contributed by atoms with Crippen LogP contribution in [0.5, 0.6) is 0 Å². The molecule has 2 aromatic heterocycles. The molecule has 0 aliphatic heterocycles. The Kier molecular flexibility index (Phi) is 4.93. The first-order valence-corrected chi connectivity index (χ1v) is 9.56. The summed E-state index contributed by atoms with van der Waals surface area (Å²) in [4.78, 5) is 33.5. The third-order valence-corrected chi connectivity index (χ3v) is 5.76. The first-order chi connectivity index (χ1) is 13.2. The van der Waals surface area contributed by atoms with Gasteiger partial charge in [0.15, 0.2) is 0 Å². The molecular formula is C20H18N4O2S. The second kappa shape index (κ2) is 7.67. The van der Waals surface area contributed by atoms with Gasteiger partial charge < -0.3 is 0 Å². The van der Waals surface area contributed by atoms with E-state index in [1.54, 1.807) is 29.5 Å². The zero-order valence-corrected chi connectivity index (χ0v) is 15.3. The van der Waals surface area contributed by atoms with Crippen LogP contribution in [0.2, 0.25) is 0 Å². The van der Waals surface area contributed by atoms with Gasteiger partial charge in [0.25, 0.3) is 5.91 Å². The zero-order valence-electron chi connectivity index (χ0n) is 14.5. The van der Waals surface area contributed by atoms with Gasteiger partial charge in [0.1, 0.15) is 5.69 Å². The number of fused-ring (bicyclic) bond motifs is 1. The number of hydrogen-bond donors (Lipinski definition) is 2. The summed E-state index contributed by atoms with van der Waals surface area (Å²) < 4.78 is 1.12. The third-order valence-electron chi connectivity index (χ3n) is 4.59. The number of allylic oxidation sites excluding steroid dienone is 2. The molecule has 2 heterocycles. The van der Waals surface area contributed by atoms with E-state index in [0.717, 1.165) is 21.6 Å². The van der Waals surface area contributed by atoms with Crippen molar-refractivity contribution in [3.63, 3.8) is 0 Å². The summed E-state index contributed by atoms with van der Waals surface area (Å²) in [5, 5.41) is 0.955. The molecule has 6 nitrogen and oxygen atoms in total. The van der Waals surface area contributed by atoms with E-state index in [-0.39, 0.29) is 23.4 Å². The number of rotatable bonds is 3. The molecule has 0 unspecified atom stereocenters. The van der Waals surface area contributed by atoms with Crippen LogP contribution in [0.25, 0.3) is 10.2 Å². The Labute approximate surface area is 160 Å². The molecule has 0 bridgehead atoms. The second-order valence-electron chi connectivity index (χ2n) is 6.33. The van der Waals surface area contributed by atoms with Crippen LogP contribution in [0.15, 0.2) is 60.8 Å². The standard InChI is InChI=1S/C20H18N4O2S/c25-18(23-24-19(26)16-10-5-6-12-21-16)13-7-1-2-8-14(13)20-22-15-9-3-4-11-17(15)27-20/h1-6,9-14H,7-8H2,(H,23,25)(H,24,26)/t13-,14-/m0/s1. The summed E-state index contributed by atoms with van der Waals surface area (Å²) in [5.41, 5.74) is 6.21. The van der Waals surface area contributed by atoms with Crippen LogP contribution in [0.3, 0.4) is 0 Å². The van der Waals surface area contributed by atoms with Crippen LogP contribution >= 0.6 is 11.3 Å². The molecule has 0 fully saturated rings. The molecule has 2 amide bonds. The average molecular weight is 378 g/mol. The van der Waals surface area contributed by atoms with Crippen molar-refractivity contribution in [2.45, 2.75) is 18.8 Å². The number of benzene rings is 1. The van der Waals surface area contributed by atoms with Crippen molar-refractivity contribution in [2.24, 2.45) is 5.92 Å². The summed E-state index contributed by atoms with van der Waals surface area (Å²) >= 11 is 1.62. The molecule has 136 valence electrons. The van der Waals surface area contributed by atoms with Crippen molar-refractivity contribution < 1.29 is 9.59 Å². The molecule has 7 heteroatoms. The van der Waals surface area contributed by atoms with Gasteiger partial charge in [-0.25, -0.2) is 4.98 Å². The van der Waals surface area contributed by atoms with Gasteiger partial charge in [0.05, 0.1) is 21.1 Å². The van der Waals surface area contributed by atoms with Crippen LogP contribution in [0.1, 0.15) is 34.3 Å². The molecule has 1 aromatic carbocycles. The quantitative estimate of drug-likeness (QED) is 0.541. The van der Waals surface area contributed by atoms with Crippen molar-refractivity contribution in [3.05, 3.63) is 71.5 Å². The summed E-state index contributed by atoms with van der Waals surface area (Å²) in [6.45, 7) is 0. The fraction of sp³-hybridized carbons (Fsp3) is 0.200. The maximum atomic E-state index is 12.7. The summed E-state index contributed by atoms with van der Waals surface area (Å²) in [7, 11) is 0. The minimum atomic E-state index is -0.438. The fourth-order valence-corrected chi connectivity index (χ4v) is 4.34. The molecule has 2 atom stereocenters. The number of carbonyl (C=O) groups excluding carboxylic acids is 2. The molecule has 1 aliphatic rings.